The van der Waals surface area contributed by atoms with Gasteiger partial charge in [0.2, 0.25) is 5.88 Å². The van der Waals surface area contributed by atoms with Gasteiger partial charge in [0.25, 0.3) is 0 Å². The van der Waals surface area contributed by atoms with Crippen LogP contribution in [0.3, 0.4) is 0 Å². The number of hydrogen-bond donors (Lipinski definition) is 0. The fourth-order valence-corrected chi connectivity index (χ4v) is 5.38. The molecule has 0 unspecified atom stereocenters. The molecule has 0 aliphatic carbocycles. The molecule has 221 valence electrons. The third-order valence-electron chi connectivity index (χ3n) is 7.53. The smallest absolute Gasteiger partial charge is 0.215 e. The van der Waals surface area contributed by atoms with Crippen molar-refractivity contribution in [3.8, 4) is 28.5 Å². The number of rotatable bonds is 4. The van der Waals surface area contributed by atoms with Gasteiger partial charge in [-0.2, -0.15) is 0 Å². The second kappa shape index (κ2) is 13.5. The summed E-state index contributed by atoms with van der Waals surface area (Å²) in [5.41, 5.74) is 7.60. The van der Waals surface area contributed by atoms with Gasteiger partial charge >= 0.3 is 0 Å². The molecule has 5 heteroatoms. The van der Waals surface area contributed by atoms with Gasteiger partial charge in [0.1, 0.15) is 0 Å². The van der Waals surface area contributed by atoms with Crippen LogP contribution in [0.4, 0.5) is 0 Å². The van der Waals surface area contributed by atoms with E-state index < -0.39 is 0 Å². The van der Waals surface area contributed by atoms with E-state index in [2.05, 4.69) is 115 Å². The van der Waals surface area contributed by atoms with Gasteiger partial charge in [0, 0.05) is 26.3 Å². The van der Waals surface area contributed by atoms with Gasteiger partial charge in [0.15, 0.2) is 0 Å². The Kier molecular flexibility index (Phi) is 9.49. The molecule has 0 bridgehead atoms. The summed E-state index contributed by atoms with van der Waals surface area (Å²) in [5.74, 6) is 1.73. The van der Waals surface area contributed by atoms with Crippen LogP contribution in [0, 0.1) is 26.0 Å². The minimum Gasteiger partial charge on any atom is -0.481 e. The maximum Gasteiger partial charge on any atom is 0.215 e. The number of nitrogens with zero attached hydrogens (tertiary/aromatic N) is 3. The molecule has 0 saturated heterocycles. The summed E-state index contributed by atoms with van der Waals surface area (Å²) < 4.78 is 5.47. The molecule has 7 aromatic rings. The van der Waals surface area contributed by atoms with Crippen molar-refractivity contribution >= 4 is 32.4 Å². The third kappa shape index (κ3) is 6.55. The number of benzene rings is 5. The van der Waals surface area contributed by atoms with Gasteiger partial charge in [-0.05, 0) is 56.9 Å². The monoisotopic (exact) mass is 752 g/mol. The minimum absolute atomic E-state index is 0. The molecule has 7 rings (SSSR count). The number of fused-ring (bicyclic) bond motifs is 3. The van der Waals surface area contributed by atoms with E-state index in [9.17, 15) is 0 Å². The molecule has 0 N–H and O–H groups in total. The van der Waals surface area contributed by atoms with E-state index in [0.29, 0.717) is 17.6 Å². The van der Waals surface area contributed by atoms with Gasteiger partial charge in [-0.15, -0.1) is 70.8 Å². The Hall–Kier alpha value is -4.44. The summed E-state index contributed by atoms with van der Waals surface area (Å²) in [6.45, 7) is 8.65. The van der Waals surface area contributed by atoms with Crippen LogP contribution in [-0.4, -0.2) is 22.1 Å². The topological polar surface area (TPSA) is 47.9 Å². The number of aryl methyl sites for hydroxylation is 2. The summed E-state index contributed by atoms with van der Waals surface area (Å²) >= 11 is 0. The molecule has 4 nitrogen and oxygen atoms in total. The second-order valence-electron chi connectivity index (χ2n) is 11.1. The predicted octanol–water partition coefficient (Wildman–Crippen LogP) is 9.70. The molecule has 0 spiro atoms. The number of aromatic nitrogens is 3. The molecule has 0 saturated carbocycles. The maximum atomic E-state index is 5.47. The average molecular weight is 752 g/mol. The predicted molar refractivity (Wildman–Crippen MR) is 177 cm³/mol. The number of ether oxygens (including phenoxy) is 1. The van der Waals surface area contributed by atoms with E-state index in [1.165, 1.54) is 21.9 Å². The Morgan fingerprint density at radius 1 is 0.727 bits per heavy atom. The zero-order valence-corrected chi connectivity index (χ0v) is 27.9. The molecule has 5 aromatic carbocycles. The minimum atomic E-state index is 0. The van der Waals surface area contributed by atoms with Crippen LogP contribution >= 0.6 is 0 Å². The van der Waals surface area contributed by atoms with Gasteiger partial charge in [-0.1, -0.05) is 70.2 Å². The Morgan fingerprint density at radius 2 is 1.50 bits per heavy atom. The van der Waals surface area contributed by atoms with E-state index in [0.717, 1.165) is 44.1 Å². The fourth-order valence-electron chi connectivity index (χ4n) is 5.38. The van der Waals surface area contributed by atoms with E-state index in [1.54, 1.807) is 7.11 Å². The summed E-state index contributed by atoms with van der Waals surface area (Å²) in [6.07, 6.45) is 1.89. The normalized spacial score (nSPS) is 10.9. The maximum absolute atomic E-state index is 5.47. The van der Waals surface area contributed by atoms with Gasteiger partial charge in [-0.3, -0.25) is 4.98 Å². The van der Waals surface area contributed by atoms with Crippen molar-refractivity contribution in [1.29, 1.82) is 0 Å². The van der Waals surface area contributed by atoms with Crippen LogP contribution in [0.2, 0.25) is 0 Å². The van der Waals surface area contributed by atoms with E-state index in [4.69, 9.17) is 4.74 Å². The summed E-state index contributed by atoms with van der Waals surface area (Å²) in [5, 5.41) is 5.66. The molecule has 0 aliphatic heterocycles. The van der Waals surface area contributed by atoms with Crippen molar-refractivity contribution in [2.24, 2.45) is 0 Å². The first-order valence-electron chi connectivity index (χ1n) is 14.5. The summed E-state index contributed by atoms with van der Waals surface area (Å²) in [4.78, 5) is 13.8. The molecule has 2 aromatic heterocycles. The molecule has 0 atom stereocenters. The zero-order chi connectivity index (χ0) is 29.9. The Morgan fingerprint density at radius 3 is 2.20 bits per heavy atom. The van der Waals surface area contributed by atoms with E-state index >= 15 is 0 Å². The molecule has 2 heterocycles. The Labute approximate surface area is 272 Å². The first-order chi connectivity index (χ1) is 20.9. The molecule has 0 aliphatic rings. The SMILES string of the molecule is COc1nc(-c2[c-]cccc2)nc2cc3ccccc3cc12.Cc1[c-]c(-c2nccc3ccc(C(C)C)cc23)cc(C)c1.[Ir]. The largest absolute Gasteiger partial charge is 0.481 e. The molecular formula is C39H33IrN3O-2. The van der Waals surface area contributed by atoms with Gasteiger partial charge in [0.05, 0.1) is 23.8 Å². The number of methoxy groups -OCH3 is 1. The number of hydrogen-bond acceptors (Lipinski definition) is 4. The van der Waals surface area contributed by atoms with Crippen molar-refractivity contribution in [3.63, 3.8) is 0 Å². The number of pyridine rings is 1. The first-order valence-corrected chi connectivity index (χ1v) is 14.5. The third-order valence-corrected chi connectivity index (χ3v) is 7.53. The molecule has 1 radical (unpaired) electrons. The van der Waals surface area contributed by atoms with Gasteiger partial charge in [-0.25, -0.2) is 4.98 Å². The molecular weight excluding hydrogens is 719 g/mol. The van der Waals surface area contributed by atoms with E-state index in [1.807, 2.05) is 42.6 Å². The van der Waals surface area contributed by atoms with Crippen LogP contribution in [0.5, 0.6) is 5.88 Å². The quantitative estimate of drug-likeness (QED) is 0.133. The Balaban J connectivity index is 0.000000171. The first kappa shape index (κ1) is 31.0. The van der Waals surface area contributed by atoms with Gasteiger partial charge < -0.3 is 9.72 Å². The standard InChI is InChI=1S/C20H20N.C19H13N2O.Ir/c1-13(2)17-6-5-16-7-8-21-20(19(16)12-17)18-10-14(3)9-15(4)11-18;1-22-19-16-11-14-9-5-6-10-15(14)12-17(16)20-18(21-19)13-7-3-2-4-8-13;/h5-10,12-13H,1-4H3;2-7,9-12H,1H3;/q2*-1;. The summed E-state index contributed by atoms with van der Waals surface area (Å²) in [7, 11) is 1.63. The van der Waals surface area contributed by atoms with E-state index in [-0.39, 0.29) is 20.1 Å². The van der Waals surface area contributed by atoms with Crippen molar-refractivity contribution < 1.29 is 24.8 Å². The Bertz CT molecular complexity index is 2050. The average Bonchev–Trinajstić information content (AvgIpc) is 3.03. The molecule has 0 amide bonds. The molecule has 44 heavy (non-hydrogen) atoms. The van der Waals surface area contributed by atoms with Crippen LogP contribution in [0.1, 0.15) is 36.5 Å². The van der Waals surface area contributed by atoms with Crippen LogP contribution in [0.15, 0.2) is 103 Å². The summed E-state index contributed by atoms with van der Waals surface area (Å²) in [6, 6.07) is 39.7. The zero-order valence-electron chi connectivity index (χ0n) is 25.5. The van der Waals surface area contributed by atoms with Crippen molar-refractivity contribution in [2.75, 3.05) is 7.11 Å². The van der Waals surface area contributed by atoms with Crippen molar-refractivity contribution in [2.45, 2.75) is 33.6 Å². The van der Waals surface area contributed by atoms with Crippen molar-refractivity contribution in [3.05, 3.63) is 132 Å². The molecule has 0 fully saturated rings. The van der Waals surface area contributed by atoms with Crippen LogP contribution < -0.4 is 4.74 Å². The van der Waals surface area contributed by atoms with Crippen LogP contribution in [0.25, 0.3) is 55.1 Å². The fraction of sp³-hybridized carbons (Fsp3) is 0.154. The van der Waals surface area contributed by atoms with Crippen LogP contribution in [-0.2, 0) is 20.1 Å². The van der Waals surface area contributed by atoms with Crippen molar-refractivity contribution in [1.82, 2.24) is 15.0 Å². The second-order valence-corrected chi connectivity index (χ2v) is 11.1.